The molecule has 0 amide bonds. The molecule has 2 aromatic heterocycles. The Bertz CT molecular complexity index is 1100. The van der Waals surface area contributed by atoms with E-state index in [2.05, 4.69) is 28.1 Å². The summed E-state index contributed by atoms with van der Waals surface area (Å²) in [5.41, 5.74) is 5.79. The number of nitrogen functional groups attached to an aromatic ring is 1. The number of rotatable bonds is 12. The maximum absolute atomic E-state index is 11.7. The van der Waals surface area contributed by atoms with Gasteiger partial charge in [0.25, 0.3) is 0 Å². The van der Waals surface area contributed by atoms with Crippen molar-refractivity contribution in [1.29, 1.82) is 0 Å². The topological polar surface area (TPSA) is 273 Å². The summed E-state index contributed by atoms with van der Waals surface area (Å²) in [7, 11) is -16.8. The largest absolute Gasteiger partial charge is 0.490 e. The van der Waals surface area contributed by atoms with E-state index in [4.69, 9.17) is 25.2 Å². The second-order valence-corrected chi connectivity index (χ2v) is 9.73. The van der Waals surface area contributed by atoms with Crippen molar-refractivity contribution < 1.29 is 60.7 Å². The maximum atomic E-state index is 11.7. The molecule has 0 aliphatic carbocycles. The van der Waals surface area contributed by atoms with Gasteiger partial charge in [0.15, 0.2) is 30.3 Å². The number of carbonyl (C=O) groups excluding carboxylic acids is 2. The molecular weight excluding hydrogens is 491 g/mol. The molecule has 2 aromatic rings. The highest BCUT2D eigenvalue weighted by molar-refractivity contribution is 7.66. The van der Waals surface area contributed by atoms with Crippen molar-refractivity contribution >= 4 is 53.0 Å². The van der Waals surface area contributed by atoms with Crippen LogP contribution in [0.4, 0.5) is 5.82 Å². The molecule has 4 atom stereocenters. The van der Waals surface area contributed by atoms with E-state index in [1.807, 2.05) is 0 Å². The van der Waals surface area contributed by atoms with Crippen LogP contribution < -0.4 is 5.73 Å². The van der Waals surface area contributed by atoms with Crippen molar-refractivity contribution in [2.75, 3.05) is 12.3 Å². The summed E-state index contributed by atoms with van der Waals surface area (Å²) in [5.74, 6) is -0.00649. The Labute approximate surface area is 171 Å². The Morgan fingerprint density at radius 3 is 2.29 bits per heavy atom. The minimum Gasteiger partial charge on any atom is -0.382 e. The van der Waals surface area contributed by atoms with E-state index >= 15 is 0 Å². The zero-order valence-corrected chi connectivity index (χ0v) is 17.5. The Hall–Kier alpha value is -1.94. The first-order valence-electron chi connectivity index (χ1n) is 7.54. The van der Waals surface area contributed by atoms with E-state index in [1.54, 1.807) is 0 Å². The highest BCUT2D eigenvalue weighted by Crippen LogP contribution is 2.66. The number of aldehydes is 2. The van der Waals surface area contributed by atoms with Gasteiger partial charge in [0.1, 0.15) is 17.9 Å². The van der Waals surface area contributed by atoms with Crippen LogP contribution in [-0.2, 0) is 41.2 Å². The van der Waals surface area contributed by atoms with Gasteiger partial charge in [0.2, 0.25) is 0 Å². The molecule has 6 N–H and O–H groups in total. The van der Waals surface area contributed by atoms with Gasteiger partial charge in [-0.2, -0.15) is 8.62 Å². The number of fused-ring (bicyclic) bond motifs is 1. The predicted molar refractivity (Wildman–Crippen MR) is 95.6 cm³/mol. The van der Waals surface area contributed by atoms with Crippen LogP contribution in [0.2, 0.25) is 0 Å². The summed E-state index contributed by atoms with van der Waals surface area (Å²) >= 11 is 0. The molecule has 172 valence electrons. The Kier molecular flexibility index (Phi) is 7.91. The third-order valence-corrected chi connectivity index (χ3v) is 6.86. The predicted octanol–water partition coefficient (Wildman–Crippen LogP) is -0.967. The number of hydrogen-bond acceptors (Lipinski definition) is 13. The number of hydrogen-bond donors (Lipinski definition) is 5. The van der Waals surface area contributed by atoms with E-state index in [0.29, 0.717) is 0 Å². The van der Waals surface area contributed by atoms with Crippen LogP contribution in [0.5, 0.6) is 0 Å². The lowest BCUT2D eigenvalue weighted by Crippen LogP contribution is -2.27. The number of aromatic nitrogens is 4. The van der Waals surface area contributed by atoms with Crippen LogP contribution in [-0.4, -0.2) is 64.4 Å². The fraction of sp³-hybridized carbons (Fsp3) is 0.300. The van der Waals surface area contributed by atoms with Crippen LogP contribution in [0, 0.1) is 0 Å². The van der Waals surface area contributed by atoms with Crippen LogP contribution in [0.1, 0.15) is 6.23 Å². The smallest absolute Gasteiger partial charge is 0.382 e. The highest BCUT2D eigenvalue weighted by atomic mass is 31.3. The maximum Gasteiger partial charge on any atom is 0.490 e. The van der Waals surface area contributed by atoms with Gasteiger partial charge in [-0.1, -0.05) is 0 Å². The molecule has 0 fully saturated rings. The number of phosphoric acid groups is 3. The number of anilines is 1. The molecule has 2 heterocycles. The van der Waals surface area contributed by atoms with Crippen LogP contribution >= 0.6 is 23.5 Å². The van der Waals surface area contributed by atoms with Crippen molar-refractivity contribution in [2.24, 2.45) is 0 Å². The van der Waals surface area contributed by atoms with E-state index in [9.17, 15) is 28.2 Å². The summed E-state index contributed by atoms with van der Waals surface area (Å²) in [6, 6.07) is 0. The quantitative estimate of drug-likeness (QED) is 0.171. The first-order chi connectivity index (χ1) is 14.3. The molecule has 0 spiro atoms. The lowest BCUT2D eigenvalue weighted by atomic mass is 10.4. The molecule has 31 heavy (non-hydrogen) atoms. The number of carbonyl (C=O) groups is 2. The zero-order chi connectivity index (χ0) is 23.4. The van der Waals surface area contributed by atoms with Crippen molar-refractivity contribution in [3.8, 4) is 0 Å². The normalized spacial score (nSPS) is 18.1. The van der Waals surface area contributed by atoms with E-state index in [0.717, 1.165) is 17.2 Å². The first kappa shape index (κ1) is 25.3. The lowest BCUT2D eigenvalue weighted by molar-refractivity contribution is -0.139. The number of imidazole rings is 1. The van der Waals surface area contributed by atoms with Gasteiger partial charge in [-0.25, -0.2) is 28.6 Å². The van der Waals surface area contributed by atoms with Crippen molar-refractivity contribution in [2.45, 2.75) is 12.3 Å². The number of phosphoric ester groups is 1. The standard InChI is InChI=1S/C10H14N5O13P3/c11-9-8-10(13-4-12-9)15(5-14-8)7(2-17)26-6(1-16)3-25-30(21,22)28-31(23,24)27-29(18,19)20/h1-2,4-7H,3H2,(H,21,22)(H,23,24)(H2,11,12,13)(H2,18,19,20)/t6-,7-/m0/s1. The zero-order valence-electron chi connectivity index (χ0n) is 14.8. The minimum atomic E-state index is -5.73. The van der Waals surface area contributed by atoms with Crippen molar-refractivity contribution in [3.05, 3.63) is 12.7 Å². The second-order valence-electron chi connectivity index (χ2n) is 5.31. The van der Waals surface area contributed by atoms with E-state index in [1.165, 1.54) is 0 Å². The van der Waals surface area contributed by atoms with Gasteiger partial charge in [0.05, 0.1) is 12.9 Å². The van der Waals surface area contributed by atoms with Gasteiger partial charge >= 0.3 is 23.5 Å². The van der Waals surface area contributed by atoms with Gasteiger partial charge in [-0.15, -0.1) is 0 Å². The molecule has 18 nitrogen and oxygen atoms in total. The van der Waals surface area contributed by atoms with Gasteiger partial charge in [-0.3, -0.25) is 13.9 Å². The molecule has 21 heteroatoms. The average molecular weight is 505 g/mol. The summed E-state index contributed by atoms with van der Waals surface area (Å²) in [5, 5.41) is 0. The van der Waals surface area contributed by atoms with Gasteiger partial charge in [-0.05, 0) is 0 Å². The van der Waals surface area contributed by atoms with Crippen LogP contribution in [0.15, 0.2) is 12.7 Å². The molecule has 0 bridgehead atoms. The SMILES string of the molecule is Nc1ncnc2c1ncn2[C@H](C=O)O[C@@H](C=O)COP(=O)(O)OP(=O)(O)OP(=O)(O)O. The van der Waals surface area contributed by atoms with Crippen molar-refractivity contribution in [1.82, 2.24) is 19.5 Å². The fourth-order valence-corrected chi connectivity index (χ4v) is 5.01. The number of ether oxygens (including phenoxy) is 1. The number of nitrogens with two attached hydrogens (primary N) is 1. The molecular formula is C10H14N5O13P3. The van der Waals surface area contributed by atoms with Crippen molar-refractivity contribution in [3.63, 3.8) is 0 Å². The molecule has 0 saturated heterocycles. The minimum absolute atomic E-state index is 0.00649. The molecule has 0 aliphatic heterocycles. The Balaban J connectivity index is 2.08. The molecule has 0 aliphatic rings. The second kappa shape index (κ2) is 9.68. The third kappa shape index (κ3) is 7.31. The summed E-state index contributed by atoms with van der Waals surface area (Å²) in [4.78, 5) is 69.4. The van der Waals surface area contributed by atoms with E-state index in [-0.39, 0.29) is 29.6 Å². The van der Waals surface area contributed by atoms with Gasteiger partial charge < -0.3 is 34.8 Å². The lowest BCUT2D eigenvalue weighted by Gasteiger charge is -2.20. The molecule has 2 unspecified atom stereocenters. The van der Waals surface area contributed by atoms with Gasteiger partial charge in [0, 0.05) is 0 Å². The summed E-state index contributed by atoms with van der Waals surface area (Å²) in [6.07, 6.45) is -0.802. The van der Waals surface area contributed by atoms with E-state index < -0.39 is 42.4 Å². The molecule has 0 aromatic carbocycles. The summed E-state index contributed by atoms with van der Waals surface area (Å²) < 4.78 is 51.0. The molecule has 0 saturated carbocycles. The fourth-order valence-electron chi connectivity index (χ4n) is 1.98. The Morgan fingerprint density at radius 2 is 1.71 bits per heavy atom. The molecule has 0 radical (unpaired) electrons. The number of nitrogens with zero attached hydrogens (tertiary/aromatic N) is 4. The van der Waals surface area contributed by atoms with Crippen LogP contribution in [0.3, 0.4) is 0 Å². The van der Waals surface area contributed by atoms with Crippen LogP contribution in [0.25, 0.3) is 11.2 Å². The Morgan fingerprint density at radius 1 is 1.03 bits per heavy atom. The molecule has 2 rings (SSSR count). The first-order valence-corrected chi connectivity index (χ1v) is 12.1. The average Bonchev–Trinajstić information content (AvgIpc) is 3.04. The monoisotopic (exact) mass is 505 g/mol. The highest BCUT2D eigenvalue weighted by Gasteiger charge is 2.41. The summed E-state index contributed by atoms with van der Waals surface area (Å²) in [6.45, 7) is -1.10. The third-order valence-electron chi connectivity index (χ3n) is 3.06.